The van der Waals surface area contributed by atoms with Gasteiger partial charge in [0.15, 0.2) is 0 Å². The molecule has 0 heterocycles. The van der Waals surface area contributed by atoms with Crippen molar-refractivity contribution in [3.8, 4) is 0 Å². The Kier molecular flexibility index (Phi) is 3.08. The first kappa shape index (κ1) is 8.53. The maximum atomic E-state index is 10.5. The average Bonchev–Trinajstić information content (AvgIpc) is 1.93. The fourth-order valence-electron chi connectivity index (χ4n) is 0.923. The summed E-state index contributed by atoms with van der Waals surface area (Å²) in [5.41, 5.74) is 5.85. The molecule has 1 amide bonds. The van der Waals surface area contributed by atoms with Gasteiger partial charge in [-0.15, -0.1) is 0 Å². The first-order chi connectivity index (χ1) is 5.79. The standard InChI is InChI=1S/C10H11NO/c11-10(12)8-9-6-4-2-1-3-5-7-9/h1-2,4-8H,3H2,(H2,11,12)/b2-1-,6-4-,7-5-,9-8+. The lowest BCUT2D eigenvalue weighted by molar-refractivity contribution is -0.113. The highest BCUT2D eigenvalue weighted by Gasteiger charge is 1.90. The van der Waals surface area contributed by atoms with Crippen LogP contribution in [0.1, 0.15) is 6.42 Å². The molecule has 0 bridgehead atoms. The van der Waals surface area contributed by atoms with Crippen molar-refractivity contribution >= 4 is 5.91 Å². The molecule has 0 saturated heterocycles. The van der Waals surface area contributed by atoms with Crippen molar-refractivity contribution in [1.82, 2.24) is 0 Å². The maximum Gasteiger partial charge on any atom is 0.241 e. The molecule has 1 aliphatic rings. The summed E-state index contributed by atoms with van der Waals surface area (Å²) in [6.45, 7) is 0. The first-order valence-electron chi connectivity index (χ1n) is 3.80. The third-order valence-electron chi connectivity index (χ3n) is 1.43. The second-order valence-corrected chi connectivity index (χ2v) is 2.47. The SMILES string of the molecule is NC(=O)/C=C1\C=C/C=C\C/C=C\1. The van der Waals surface area contributed by atoms with Crippen molar-refractivity contribution in [2.75, 3.05) is 0 Å². The molecule has 0 spiro atoms. The van der Waals surface area contributed by atoms with E-state index in [1.165, 1.54) is 6.08 Å². The summed E-state index contributed by atoms with van der Waals surface area (Å²) in [4.78, 5) is 10.5. The number of hydrogen-bond donors (Lipinski definition) is 1. The number of carbonyl (C=O) groups excluding carboxylic acids is 1. The number of primary amides is 1. The molecule has 2 nitrogen and oxygen atoms in total. The van der Waals surface area contributed by atoms with Gasteiger partial charge in [0.05, 0.1) is 0 Å². The van der Waals surface area contributed by atoms with Crippen LogP contribution in [-0.4, -0.2) is 5.91 Å². The fourth-order valence-corrected chi connectivity index (χ4v) is 0.923. The molecule has 2 N–H and O–H groups in total. The Morgan fingerprint density at radius 2 is 2.17 bits per heavy atom. The molecule has 0 unspecified atom stereocenters. The predicted molar refractivity (Wildman–Crippen MR) is 49.3 cm³/mol. The normalized spacial score (nSPS) is 27.2. The third-order valence-corrected chi connectivity index (χ3v) is 1.43. The van der Waals surface area contributed by atoms with Crippen LogP contribution in [0, 0.1) is 0 Å². The monoisotopic (exact) mass is 161 g/mol. The molecular formula is C10H11NO. The third kappa shape index (κ3) is 3.01. The van der Waals surface area contributed by atoms with Gasteiger partial charge in [-0.2, -0.15) is 0 Å². The molecule has 62 valence electrons. The van der Waals surface area contributed by atoms with E-state index in [0.717, 1.165) is 12.0 Å². The lowest BCUT2D eigenvalue weighted by Gasteiger charge is -1.93. The summed E-state index contributed by atoms with van der Waals surface area (Å²) in [6.07, 6.45) is 13.9. The largest absolute Gasteiger partial charge is 0.366 e. The molecule has 1 aliphatic carbocycles. The number of amides is 1. The van der Waals surface area contributed by atoms with Gasteiger partial charge < -0.3 is 5.73 Å². The van der Waals surface area contributed by atoms with Crippen molar-refractivity contribution in [3.63, 3.8) is 0 Å². The Balaban J connectivity index is 2.83. The molecular weight excluding hydrogens is 150 g/mol. The summed E-state index contributed by atoms with van der Waals surface area (Å²) in [5, 5.41) is 0. The minimum atomic E-state index is -0.413. The van der Waals surface area contributed by atoms with Gasteiger partial charge in [-0.25, -0.2) is 0 Å². The Hall–Kier alpha value is -1.57. The summed E-state index contributed by atoms with van der Waals surface area (Å²) >= 11 is 0. The van der Waals surface area contributed by atoms with Gasteiger partial charge in [0.25, 0.3) is 0 Å². The number of carbonyl (C=O) groups is 1. The maximum absolute atomic E-state index is 10.5. The van der Waals surface area contributed by atoms with E-state index >= 15 is 0 Å². The van der Waals surface area contributed by atoms with E-state index < -0.39 is 5.91 Å². The molecule has 0 atom stereocenters. The summed E-state index contributed by atoms with van der Waals surface area (Å²) in [7, 11) is 0. The fraction of sp³-hybridized carbons (Fsp3) is 0.100. The Labute approximate surface area is 71.8 Å². The molecule has 0 aromatic heterocycles. The Bertz CT molecular complexity index is 282. The first-order valence-corrected chi connectivity index (χ1v) is 3.80. The van der Waals surface area contributed by atoms with E-state index in [1.807, 2.05) is 36.5 Å². The number of nitrogens with two attached hydrogens (primary N) is 1. The zero-order valence-electron chi connectivity index (χ0n) is 6.73. The van der Waals surface area contributed by atoms with Gasteiger partial charge in [0.2, 0.25) is 5.91 Å². The average molecular weight is 161 g/mol. The van der Waals surface area contributed by atoms with Gasteiger partial charge in [-0.3, -0.25) is 4.79 Å². The minimum Gasteiger partial charge on any atom is -0.366 e. The number of hydrogen-bond acceptors (Lipinski definition) is 1. The summed E-state index contributed by atoms with van der Waals surface area (Å²) in [6, 6.07) is 0. The van der Waals surface area contributed by atoms with E-state index in [-0.39, 0.29) is 0 Å². The van der Waals surface area contributed by atoms with E-state index in [0.29, 0.717) is 0 Å². The molecule has 0 fully saturated rings. The van der Waals surface area contributed by atoms with Crippen LogP contribution >= 0.6 is 0 Å². The summed E-state index contributed by atoms with van der Waals surface area (Å²) < 4.78 is 0. The number of rotatable bonds is 1. The smallest absolute Gasteiger partial charge is 0.241 e. The quantitative estimate of drug-likeness (QED) is 0.581. The molecule has 0 saturated carbocycles. The zero-order valence-corrected chi connectivity index (χ0v) is 6.73. The van der Waals surface area contributed by atoms with Crippen LogP contribution in [0.5, 0.6) is 0 Å². The molecule has 0 aromatic carbocycles. The molecule has 0 aromatic rings. The lowest BCUT2D eigenvalue weighted by Crippen LogP contribution is -2.06. The van der Waals surface area contributed by atoms with Gasteiger partial charge in [0, 0.05) is 6.08 Å². The van der Waals surface area contributed by atoms with Crippen molar-refractivity contribution in [3.05, 3.63) is 48.1 Å². The van der Waals surface area contributed by atoms with Gasteiger partial charge in [-0.05, 0) is 12.0 Å². The van der Waals surface area contributed by atoms with Gasteiger partial charge >= 0.3 is 0 Å². The van der Waals surface area contributed by atoms with Crippen molar-refractivity contribution in [2.45, 2.75) is 6.42 Å². The van der Waals surface area contributed by atoms with Crippen LogP contribution < -0.4 is 5.73 Å². The van der Waals surface area contributed by atoms with E-state index in [4.69, 9.17) is 5.73 Å². The predicted octanol–water partition coefficient (Wildman–Crippen LogP) is 1.47. The van der Waals surface area contributed by atoms with Crippen LogP contribution in [0.4, 0.5) is 0 Å². The van der Waals surface area contributed by atoms with Crippen LogP contribution in [0.3, 0.4) is 0 Å². The molecule has 0 aliphatic heterocycles. The van der Waals surface area contributed by atoms with E-state index in [9.17, 15) is 4.79 Å². The highest BCUT2D eigenvalue weighted by Crippen LogP contribution is 2.03. The van der Waals surface area contributed by atoms with Crippen LogP contribution in [0.25, 0.3) is 0 Å². The van der Waals surface area contributed by atoms with Crippen molar-refractivity contribution in [1.29, 1.82) is 0 Å². The molecule has 2 heteroatoms. The summed E-state index contributed by atoms with van der Waals surface area (Å²) in [5.74, 6) is -0.413. The van der Waals surface area contributed by atoms with Crippen LogP contribution in [0.2, 0.25) is 0 Å². The highest BCUT2D eigenvalue weighted by atomic mass is 16.1. The number of allylic oxidation sites excluding steroid dienone is 7. The van der Waals surface area contributed by atoms with E-state index in [1.54, 1.807) is 0 Å². The highest BCUT2D eigenvalue weighted by molar-refractivity contribution is 5.87. The molecule has 1 rings (SSSR count). The van der Waals surface area contributed by atoms with Crippen molar-refractivity contribution < 1.29 is 4.79 Å². The second kappa shape index (κ2) is 4.34. The van der Waals surface area contributed by atoms with Gasteiger partial charge in [0.1, 0.15) is 0 Å². The Morgan fingerprint density at radius 3 is 2.92 bits per heavy atom. The second-order valence-electron chi connectivity index (χ2n) is 2.47. The Morgan fingerprint density at radius 1 is 1.33 bits per heavy atom. The minimum absolute atomic E-state index is 0.413. The van der Waals surface area contributed by atoms with Crippen LogP contribution in [0.15, 0.2) is 48.1 Å². The topological polar surface area (TPSA) is 43.1 Å². The molecule has 0 radical (unpaired) electrons. The molecule has 12 heavy (non-hydrogen) atoms. The zero-order chi connectivity index (χ0) is 8.81. The van der Waals surface area contributed by atoms with Crippen molar-refractivity contribution in [2.24, 2.45) is 5.73 Å². The van der Waals surface area contributed by atoms with E-state index in [2.05, 4.69) is 0 Å². The lowest BCUT2D eigenvalue weighted by atomic mass is 10.1. The van der Waals surface area contributed by atoms with Gasteiger partial charge in [-0.1, -0.05) is 36.5 Å². The van der Waals surface area contributed by atoms with Crippen LogP contribution in [-0.2, 0) is 4.79 Å².